The molecule has 0 radical (unpaired) electrons. The van der Waals surface area contributed by atoms with E-state index < -0.39 is 28.7 Å². The third-order valence-electron chi connectivity index (χ3n) is 3.28. The standard InChI is InChI=1S/C11H13Cl2F3N2O2S/c1-6-4-17-21(19,20)18(5-6)10-8(12)2-7(3-9(10)13)11(14,15)16/h2,6-7,17H,3-5H2,1H3. The second-order valence-electron chi connectivity index (χ2n) is 5.11. The number of hydrogen-bond acceptors (Lipinski definition) is 2. The van der Waals surface area contributed by atoms with Crippen molar-refractivity contribution in [2.24, 2.45) is 11.8 Å². The van der Waals surface area contributed by atoms with Gasteiger partial charge in [0.15, 0.2) is 0 Å². The average Bonchev–Trinajstić information content (AvgIpc) is 2.32. The Hall–Kier alpha value is -0.440. The summed E-state index contributed by atoms with van der Waals surface area (Å²) in [6, 6.07) is 0. The summed E-state index contributed by atoms with van der Waals surface area (Å²) < 4.78 is 65.5. The van der Waals surface area contributed by atoms with Gasteiger partial charge in [0.05, 0.1) is 16.6 Å². The summed E-state index contributed by atoms with van der Waals surface area (Å²) in [5.41, 5.74) is -0.0714. The SMILES string of the molecule is CC1CNS(=O)(=O)N(C2=C(Cl)CC(C(F)(F)F)C=C2Cl)C1. The molecule has 0 spiro atoms. The second-order valence-corrected chi connectivity index (χ2v) is 7.65. The molecule has 2 aliphatic rings. The zero-order valence-electron chi connectivity index (χ0n) is 10.9. The Kier molecular flexibility index (Phi) is 4.55. The Morgan fingerprint density at radius 1 is 1.38 bits per heavy atom. The van der Waals surface area contributed by atoms with Crippen LogP contribution in [0.5, 0.6) is 0 Å². The highest BCUT2D eigenvalue weighted by atomic mass is 35.5. The number of nitrogens with one attached hydrogen (secondary N) is 1. The number of nitrogens with zero attached hydrogens (tertiary/aromatic N) is 1. The molecule has 1 aliphatic heterocycles. The van der Waals surface area contributed by atoms with Crippen LogP contribution in [0.25, 0.3) is 0 Å². The molecule has 21 heavy (non-hydrogen) atoms. The van der Waals surface area contributed by atoms with E-state index in [1.165, 1.54) is 0 Å². The van der Waals surface area contributed by atoms with E-state index in [0.29, 0.717) is 0 Å². The molecule has 0 bridgehead atoms. The van der Waals surface area contributed by atoms with Gasteiger partial charge in [0.2, 0.25) is 0 Å². The number of hydrogen-bond donors (Lipinski definition) is 1. The summed E-state index contributed by atoms with van der Waals surface area (Å²) in [5, 5.41) is -0.502. The Morgan fingerprint density at radius 3 is 2.52 bits per heavy atom. The maximum atomic E-state index is 12.7. The van der Waals surface area contributed by atoms with Gasteiger partial charge in [-0.2, -0.15) is 26.3 Å². The lowest BCUT2D eigenvalue weighted by Gasteiger charge is -2.36. The van der Waals surface area contributed by atoms with Crippen LogP contribution in [0.1, 0.15) is 13.3 Å². The van der Waals surface area contributed by atoms with E-state index in [0.717, 1.165) is 10.4 Å². The summed E-state index contributed by atoms with van der Waals surface area (Å²) in [5.74, 6) is -1.82. The van der Waals surface area contributed by atoms with Crippen LogP contribution < -0.4 is 4.72 Å². The predicted molar refractivity (Wildman–Crippen MR) is 73.8 cm³/mol. The zero-order chi connectivity index (χ0) is 16.0. The first-order valence-corrected chi connectivity index (χ1v) is 8.32. The molecule has 0 aromatic heterocycles. The quantitative estimate of drug-likeness (QED) is 0.777. The molecule has 2 rings (SSSR count). The molecule has 0 aromatic rings. The first kappa shape index (κ1) is 16.9. The van der Waals surface area contributed by atoms with Gasteiger partial charge in [0.25, 0.3) is 0 Å². The number of halogens is 5. The molecule has 1 heterocycles. The highest BCUT2D eigenvalue weighted by molar-refractivity contribution is 7.87. The van der Waals surface area contributed by atoms with Gasteiger partial charge in [-0.05, 0) is 5.92 Å². The fourth-order valence-electron chi connectivity index (χ4n) is 2.18. The largest absolute Gasteiger partial charge is 0.395 e. The summed E-state index contributed by atoms with van der Waals surface area (Å²) in [6.45, 7) is 2.18. The van der Waals surface area contributed by atoms with Crippen molar-refractivity contribution in [3.05, 3.63) is 21.8 Å². The molecule has 1 N–H and O–H groups in total. The smallest absolute Gasteiger partial charge is 0.255 e. The van der Waals surface area contributed by atoms with Crippen LogP contribution in [0.15, 0.2) is 21.8 Å². The minimum absolute atomic E-state index is 0.0182. The molecule has 2 unspecified atom stereocenters. The van der Waals surface area contributed by atoms with E-state index in [2.05, 4.69) is 4.72 Å². The lowest BCUT2D eigenvalue weighted by atomic mass is 9.98. The van der Waals surface area contributed by atoms with Crippen molar-refractivity contribution in [1.29, 1.82) is 0 Å². The van der Waals surface area contributed by atoms with Gasteiger partial charge in [-0.25, -0.2) is 0 Å². The Morgan fingerprint density at radius 2 is 2.00 bits per heavy atom. The van der Waals surface area contributed by atoms with Gasteiger partial charge in [0.1, 0.15) is 0 Å². The zero-order valence-corrected chi connectivity index (χ0v) is 13.2. The lowest BCUT2D eigenvalue weighted by Crippen LogP contribution is -2.50. The predicted octanol–water partition coefficient (Wildman–Crippen LogP) is 2.93. The number of rotatable bonds is 1. The monoisotopic (exact) mass is 364 g/mol. The van der Waals surface area contributed by atoms with Gasteiger partial charge in [0, 0.05) is 24.5 Å². The van der Waals surface area contributed by atoms with Gasteiger partial charge >= 0.3 is 16.4 Å². The fourth-order valence-corrected chi connectivity index (χ4v) is 4.62. The normalized spacial score (nSPS) is 30.4. The third kappa shape index (κ3) is 3.49. The Labute approximate surface area is 130 Å². The minimum atomic E-state index is -4.47. The molecule has 10 heteroatoms. The summed E-state index contributed by atoms with van der Waals surface area (Å²) in [6.07, 6.45) is -4.19. The van der Waals surface area contributed by atoms with Gasteiger partial charge in [-0.1, -0.05) is 36.2 Å². The topological polar surface area (TPSA) is 49.4 Å². The van der Waals surface area contributed by atoms with Crippen molar-refractivity contribution in [1.82, 2.24) is 9.03 Å². The first-order valence-electron chi connectivity index (χ1n) is 6.12. The molecule has 1 aliphatic carbocycles. The van der Waals surface area contributed by atoms with Crippen LogP contribution in [0, 0.1) is 11.8 Å². The van der Waals surface area contributed by atoms with Crippen LogP contribution in [0.3, 0.4) is 0 Å². The van der Waals surface area contributed by atoms with E-state index in [4.69, 9.17) is 23.2 Å². The lowest BCUT2D eigenvalue weighted by molar-refractivity contribution is -0.160. The van der Waals surface area contributed by atoms with Gasteiger partial charge in [-0.3, -0.25) is 4.31 Å². The van der Waals surface area contributed by atoms with Crippen molar-refractivity contribution in [3.8, 4) is 0 Å². The van der Waals surface area contributed by atoms with Crippen LogP contribution >= 0.6 is 23.2 Å². The molecular weight excluding hydrogens is 352 g/mol. The molecule has 2 atom stereocenters. The number of alkyl halides is 3. The summed E-state index contributed by atoms with van der Waals surface area (Å²) in [7, 11) is -3.84. The maximum Gasteiger partial charge on any atom is 0.395 e. The molecule has 0 aromatic carbocycles. The van der Waals surface area contributed by atoms with E-state index in [1.807, 2.05) is 6.92 Å². The maximum absolute atomic E-state index is 12.7. The van der Waals surface area contributed by atoms with Crippen molar-refractivity contribution in [2.45, 2.75) is 19.5 Å². The van der Waals surface area contributed by atoms with Crippen molar-refractivity contribution >= 4 is 33.4 Å². The van der Waals surface area contributed by atoms with Crippen LogP contribution in [-0.2, 0) is 10.2 Å². The van der Waals surface area contributed by atoms with Crippen molar-refractivity contribution < 1.29 is 21.6 Å². The van der Waals surface area contributed by atoms with Crippen LogP contribution in [0.2, 0.25) is 0 Å². The molecule has 1 fully saturated rings. The van der Waals surface area contributed by atoms with Crippen molar-refractivity contribution in [3.63, 3.8) is 0 Å². The summed E-state index contributed by atoms with van der Waals surface area (Å²) in [4.78, 5) is 0. The Bertz CT molecular complexity index is 601. The van der Waals surface area contributed by atoms with Crippen LogP contribution in [0.4, 0.5) is 13.2 Å². The minimum Gasteiger partial charge on any atom is -0.255 e. The molecule has 4 nitrogen and oxygen atoms in total. The first-order chi connectivity index (χ1) is 9.52. The van der Waals surface area contributed by atoms with Gasteiger partial charge < -0.3 is 0 Å². The van der Waals surface area contributed by atoms with E-state index >= 15 is 0 Å². The molecule has 120 valence electrons. The second kappa shape index (κ2) is 5.64. The van der Waals surface area contributed by atoms with Gasteiger partial charge in [-0.15, -0.1) is 0 Å². The average molecular weight is 365 g/mol. The third-order valence-corrected chi connectivity index (χ3v) is 5.36. The Balaban J connectivity index is 2.38. The molecule has 0 amide bonds. The molecular formula is C11H13Cl2F3N2O2S. The highest BCUT2D eigenvalue weighted by Gasteiger charge is 2.43. The van der Waals surface area contributed by atoms with Crippen LogP contribution in [-0.4, -0.2) is 32.0 Å². The fraction of sp³-hybridized carbons (Fsp3) is 0.636. The highest BCUT2D eigenvalue weighted by Crippen LogP contribution is 2.43. The molecule has 0 saturated carbocycles. The van der Waals surface area contributed by atoms with E-state index in [9.17, 15) is 21.6 Å². The van der Waals surface area contributed by atoms with Crippen molar-refractivity contribution in [2.75, 3.05) is 13.1 Å². The molecule has 1 saturated heterocycles. The van der Waals surface area contributed by atoms with E-state index in [1.54, 1.807) is 0 Å². The van der Waals surface area contributed by atoms with E-state index in [-0.39, 0.29) is 34.8 Å². The summed E-state index contributed by atoms with van der Waals surface area (Å²) >= 11 is 11.8. The number of allylic oxidation sites excluding steroid dienone is 3.